The molecule has 0 amide bonds. The van der Waals surface area contributed by atoms with Crippen molar-refractivity contribution in [2.24, 2.45) is 0 Å². The number of benzene rings is 1. The van der Waals surface area contributed by atoms with Gasteiger partial charge >= 0.3 is 0 Å². The van der Waals surface area contributed by atoms with E-state index in [9.17, 15) is 0 Å². The Morgan fingerprint density at radius 3 is 2.11 bits per heavy atom. The highest BCUT2D eigenvalue weighted by Crippen LogP contribution is 2.13. The molecule has 19 heavy (non-hydrogen) atoms. The summed E-state index contributed by atoms with van der Waals surface area (Å²) in [5.74, 6) is 0. The SMILES string of the molecule is CCCCCCCCCN[C@@H](C)c1ccc(C)cc1. The van der Waals surface area contributed by atoms with Crippen molar-refractivity contribution in [1.82, 2.24) is 5.32 Å². The van der Waals surface area contributed by atoms with E-state index in [4.69, 9.17) is 0 Å². The van der Waals surface area contributed by atoms with Crippen LogP contribution in [0.5, 0.6) is 0 Å². The molecule has 108 valence electrons. The molecule has 1 aromatic rings. The molecule has 1 heteroatoms. The zero-order valence-corrected chi connectivity index (χ0v) is 13.0. The van der Waals surface area contributed by atoms with Gasteiger partial charge in [0.1, 0.15) is 0 Å². The van der Waals surface area contributed by atoms with Gasteiger partial charge in [-0.3, -0.25) is 0 Å². The van der Waals surface area contributed by atoms with Crippen LogP contribution >= 0.6 is 0 Å². The Bertz CT molecular complexity index is 315. The number of unbranched alkanes of at least 4 members (excludes halogenated alkanes) is 6. The van der Waals surface area contributed by atoms with E-state index in [0.717, 1.165) is 6.54 Å². The first-order valence-corrected chi connectivity index (χ1v) is 8.04. The van der Waals surface area contributed by atoms with E-state index in [1.165, 1.54) is 56.1 Å². The third-order valence-corrected chi connectivity index (χ3v) is 3.81. The summed E-state index contributed by atoms with van der Waals surface area (Å²) in [6.07, 6.45) is 9.67. The maximum absolute atomic E-state index is 3.62. The Kier molecular flexibility index (Phi) is 8.57. The molecule has 0 bridgehead atoms. The summed E-state index contributed by atoms with van der Waals surface area (Å²) in [5.41, 5.74) is 2.73. The second-order valence-electron chi connectivity index (χ2n) is 5.71. The molecule has 1 aromatic carbocycles. The Morgan fingerprint density at radius 2 is 1.47 bits per heavy atom. The monoisotopic (exact) mass is 261 g/mol. The van der Waals surface area contributed by atoms with E-state index in [2.05, 4.69) is 50.4 Å². The van der Waals surface area contributed by atoms with E-state index in [1.54, 1.807) is 0 Å². The fraction of sp³-hybridized carbons (Fsp3) is 0.667. The minimum atomic E-state index is 0.473. The fourth-order valence-corrected chi connectivity index (χ4v) is 2.37. The van der Waals surface area contributed by atoms with Crippen LogP contribution in [-0.4, -0.2) is 6.54 Å². The lowest BCUT2D eigenvalue weighted by Gasteiger charge is -2.14. The maximum Gasteiger partial charge on any atom is 0.0291 e. The summed E-state index contributed by atoms with van der Waals surface area (Å²) in [6, 6.07) is 9.33. The van der Waals surface area contributed by atoms with Crippen molar-refractivity contribution in [3.63, 3.8) is 0 Å². The lowest BCUT2D eigenvalue weighted by Crippen LogP contribution is -2.19. The second-order valence-corrected chi connectivity index (χ2v) is 5.71. The molecule has 0 saturated heterocycles. The van der Waals surface area contributed by atoms with E-state index in [-0.39, 0.29) is 0 Å². The lowest BCUT2D eigenvalue weighted by molar-refractivity contribution is 0.524. The van der Waals surface area contributed by atoms with Crippen molar-refractivity contribution in [1.29, 1.82) is 0 Å². The molecule has 0 saturated carbocycles. The van der Waals surface area contributed by atoms with Crippen LogP contribution in [0.25, 0.3) is 0 Å². The van der Waals surface area contributed by atoms with Crippen LogP contribution < -0.4 is 5.32 Å². The molecule has 0 aliphatic rings. The first-order chi connectivity index (χ1) is 9.24. The summed E-state index contributed by atoms with van der Waals surface area (Å²) in [7, 11) is 0. The largest absolute Gasteiger partial charge is 0.310 e. The maximum atomic E-state index is 3.62. The van der Waals surface area contributed by atoms with Gasteiger partial charge < -0.3 is 5.32 Å². The average molecular weight is 261 g/mol. The van der Waals surface area contributed by atoms with E-state index < -0.39 is 0 Å². The highest BCUT2D eigenvalue weighted by Gasteiger charge is 2.03. The second kappa shape index (κ2) is 10.0. The first-order valence-electron chi connectivity index (χ1n) is 8.04. The van der Waals surface area contributed by atoms with Gasteiger partial charge in [0.25, 0.3) is 0 Å². The lowest BCUT2D eigenvalue weighted by atomic mass is 10.1. The number of hydrogen-bond donors (Lipinski definition) is 1. The molecule has 1 N–H and O–H groups in total. The van der Waals surface area contributed by atoms with Gasteiger partial charge in [0.2, 0.25) is 0 Å². The molecule has 1 rings (SSSR count). The third kappa shape index (κ3) is 7.37. The molecular weight excluding hydrogens is 230 g/mol. The third-order valence-electron chi connectivity index (χ3n) is 3.81. The fourth-order valence-electron chi connectivity index (χ4n) is 2.37. The van der Waals surface area contributed by atoms with Crippen molar-refractivity contribution in [3.8, 4) is 0 Å². The van der Waals surface area contributed by atoms with Gasteiger partial charge in [-0.05, 0) is 32.4 Å². The predicted molar refractivity (Wildman–Crippen MR) is 85.6 cm³/mol. The summed E-state index contributed by atoms with van der Waals surface area (Å²) in [6.45, 7) is 7.81. The van der Waals surface area contributed by atoms with Crippen LogP contribution in [0.1, 0.15) is 76.0 Å². The summed E-state index contributed by atoms with van der Waals surface area (Å²) in [4.78, 5) is 0. The van der Waals surface area contributed by atoms with Gasteiger partial charge in [-0.1, -0.05) is 75.3 Å². The van der Waals surface area contributed by atoms with Crippen molar-refractivity contribution in [2.75, 3.05) is 6.54 Å². The zero-order chi connectivity index (χ0) is 13.9. The highest BCUT2D eigenvalue weighted by molar-refractivity contribution is 5.23. The molecule has 0 spiro atoms. The molecule has 1 atom stereocenters. The molecule has 0 unspecified atom stereocenters. The summed E-state index contributed by atoms with van der Waals surface area (Å²) in [5, 5.41) is 3.62. The molecule has 1 nitrogen and oxygen atoms in total. The van der Waals surface area contributed by atoms with Crippen molar-refractivity contribution >= 4 is 0 Å². The van der Waals surface area contributed by atoms with Gasteiger partial charge in [-0.15, -0.1) is 0 Å². The first kappa shape index (κ1) is 16.2. The number of rotatable bonds is 10. The van der Waals surface area contributed by atoms with Crippen molar-refractivity contribution < 1.29 is 0 Å². The number of nitrogens with one attached hydrogen (secondary N) is 1. The standard InChI is InChI=1S/C18H31N/c1-4-5-6-7-8-9-10-15-19-17(3)18-13-11-16(2)12-14-18/h11-14,17,19H,4-10,15H2,1-3H3/t17-/m0/s1. The van der Waals surface area contributed by atoms with Gasteiger partial charge in [0.05, 0.1) is 0 Å². The predicted octanol–water partition coefficient (Wildman–Crippen LogP) is 5.40. The van der Waals surface area contributed by atoms with Crippen LogP contribution in [0, 0.1) is 6.92 Å². The molecule has 0 aromatic heterocycles. The normalized spacial score (nSPS) is 12.6. The van der Waals surface area contributed by atoms with E-state index in [0.29, 0.717) is 6.04 Å². The quantitative estimate of drug-likeness (QED) is 0.556. The summed E-state index contributed by atoms with van der Waals surface area (Å²) >= 11 is 0. The van der Waals surface area contributed by atoms with Gasteiger partial charge in [0.15, 0.2) is 0 Å². The zero-order valence-electron chi connectivity index (χ0n) is 13.0. The van der Waals surface area contributed by atoms with Crippen LogP contribution in [0.3, 0.4) is 0 Å². The van der Waals surface area contributed by atoms with Crippen LogP contribution in [0.4, 0.5) is 0 Å². The average Bonchev–Trinajstić information content (AvgIpc) is 2.42. The molecule has 0 heterocycles. The smallest absolute Gasteiger partial charge is 0.0291 e. The Balaban J connectivity index is 2.04. The Morgan fingerprint density at radius 1 is 0.895 bits per heavy atom. The van der Waals surface area contributed by atoms with Gasteiger partial charge in [0, 0.05) is 6.04 Å². The molecule has 0 aliphatic heterocycles. The van der Waals surface area contributed by atoms with Crippen LogP contribution in [-0.2, 0) is 0 Å². The Labute approximate surface area is 119 Å². The minimum Gasteiger partial charge on any atom is -0.310 e. The molecular formula is C18H31N. The number of hydrogen-bond acceptors (Lipinski definition) is 1. The van der Waals surface area contributed by atoms with Gasteiger partial charge in [-0.2, -0.15) is 0 Å². The number of aryl methyl sites for hydroxylation is 1. The minimum absolute atomic E-state index is 0.473. The van der Waals surface area contributed by atoms with Crippen molar-refractivity contribution in [3.05, 3.63) is 35.4 Å². The Hall–Kier alpha value is -0.820. The molecule has 0 radical (unpaired) electrons. The van der Waals surface area contributed by atoms with Gasteiger partial charge in [-0.25, -0.2) is 0 Å². The molecule has 0 fully saturated rings. The van der Waals surface area contributed by atoms with Crippen molar-refractivity contribution in [2.45, 2.75) is 71.8 Å². The van der Waals surface area contributed by atoms with Crippen LogP contribution in [0.2, 0.25) is 0 Å². The highest BCUT2D eigenvalue weighted by atomic mass is 14.9. The van der Waals surface area contributed by atoms with Crippen LogP contribution in [0.15, 0.2) is 24.3 Å². The van der Waals surface area contributed by atoms with E-state index >= 15 is 0 Å². The topological polar surface area (TPSA) is 12.0 Å². The van der Waals surface area contributed by atoms with E-state index in [1.807, 2.05) is 0 Å². The molecule has 0 aliphatic carbocycles. The summed E-state index contributed by atoms with van der Waals surface area (Å²) < 4.78 is 0.